The maximum Gasteiger partial charge on any atom is 0.251 e. The summed E-state index contributed by atoms with van der Waals surface area (Å²) < 4.78 is 11.3. The van der Waals surface area contributed by atoms with Gasteiger partial charge in [-0.2, -0.15) is 0 Å². The summed E-state index contributed by atoms with van der Waals surface area (Å²) in [5.41, 5.74) is 3.88. The quantitative estimate of drug-likeness (QED) is 0.260. The molecular weight excluding hydrogens is 520 g/mol. The van der Waals surface area contributed by atoms with E-state index in [1.807, 2.05) is 25.1 Å². The third kappa shape index (κ3) is 7.00. The number of fused-ring (bicyclic) bond motifs is 1. The zero-order valence-electron chi connectivity index (χ0n) is 23.7. The van der Waals surface area contributed by atoms with E-state index < -0.39 is 6.10 Å². The number of β-amino-alcohol motifs (C(OH)–C–C–N with tert-alkyl or cyclic N) is 1. The molecule has 41 heavy (non-hydrogen) atoms. The van der Waals surface area contributed by atoms with Crippen molar-refractivity contribution in [1.82, 2.24) is 20.2 Å². The van der Waals surface area contributed by atoms with Crippen LogP contribution in [0.2, 0.25) is 0 Å². The van der Waals surface area contributed by atoms with E-state index in [0.29, 0.717) is 30.8 Å². The van der Waals surface area contributed by atoms with Crippen LogP contribution in [0.3, 0.4) is 0 Å². The highest BCUT2D eigenvalue weighted by Gasteiger charge is 2.23. The summed E-state index contributed by atoms with van der Waals surface area (Å²) in [7, 11) is 0. The molecule has 3 aliphatic rings. The maximum atomic E-state index is 13.1. The lowest BCUT2D eigenvalue weighted by atomic mass is 9.93. The zero-order chi connectivity index (χ0) is 28.2. The van der Waals surface area contributed by atoms with Crippen LogP contribution in [0.4, 0.5) is 11.6 Å². The van der Waals surface area contributed by atoms with Gasteiger partial charge in [-0.05, 0) is 87.3 Å². The Morgan fingerprint density at radius 2 is 1.83 bits per heavy atom. The molecule has 0 saturated heterocycles. The summed E-state index contributed by atoms with van der Waals surface area (Å²) in [5.74, 6) is 2.81. The summed E-state index contributed by atoms with van der Waals surface area (Å²) in [6.07, 6.45) is 8.63. The molecule has 2 fully saturated rings. The lowest BCUT2D eigenvalue weighted by Crippen LogP contribution is -2.42. The van der Waals surface area contributed by atoms with E-state index in [2.05, 4.69) is 38.0 Å². The molecule has 0 radical (unpaired) electrons. The second-order valence-electron chi connectivity index (χ2n) is 11.6. The Bertz CT molecular complexity index is 1320. The molecule has 1 aliphatic heterocycles. The maximum absolute atomic E-state index is 13.1. The number of aryl methyl sites for hydroxylation is 1. The van der Waals surface area contributed by atoms with Gasteiger partial charge in [-0.15, -0.1) is 0 Å². The largest absolute Gasteiger partial charge is 0.486 e. The number of rotatable bonds is 12. The second kappa shape index (κ2) is 12.5. The number of amides is 1. The van der Waals surface area contributed by atoms with Crippen LogP contribution in [0.25, 0.3) is 0 Å². The number of hydrogen-bond donors (Lipinski definition) is 4. The van der Waals surface area contributed by atoms with Crippen LogP contribution in [0.5, 0.6) is 5.75 Å². The van der Waals surface area contributed by atoms with E-state index >= 15 is 0 Å². The van der Waals surface area contributed by atoms with Crippen molar-refractivity contribution in [1.29, 1.82) is 0 Å². The molecule has 10 nitrogen and oxygen atoms in total. The smallest absolute Gasteiger partial charge is 0.251 e. The SMILES string of the molecule is Cc1ncoc1COc1ccc2c(c1)CCN(CC(O)CNC(=O)c1cc(NC3CCC3)nc(NC3CCC3)c1)C2. The number of benzene rings is 1. The van der Waals surface area contributed by atoms with Crippen LogP contribution in [0.1, 0.15) is 71.5 Å². The van der Waals surface area contributed by atoms with Gasteiger partial charge in [0.25, 0.3) is 5.91 Å². The molecule has 1 amide bonds. The van der Waals surface area contributed by atoms with Crippen molar-refractivity contribution in [2.45, 2.75) is 83.2 Å². The fraction of sp³-hybridized carbons (Fsp3) is 0.516. The first kappa shape index (κ1) is 27.5. The molecule has 1 atom stereocenters. The fourth-order valence-corrected chi connectivity index (χ4v) is 5.46. The van der Waals surface area contributed by atoms with Crippen molar-refractivity contribution in [3.05, 3.63) is 64.9 Å². The zero-order valence-corrected chi connectivity index (χ0v) is 23.7. The summed E-state index contributed by atoms with van der Waals surface area (Å²) >= 11 is 0. The van der Waals surface area contributed by atoms with Gasteiger partial charge >= 0.3 is 0 Å². The molecular formula is C31H40N6O4. The molecule has 3 heterocycles. The Morgan fingerprint density at radius 3 is 2.46 bits per heavy atom. The number of carbonyl (C=O) groups is 1. The van der Waals surface area contributed by atoms with Crippen LogP contribution in [0, 0.1) is 6.92 Å². The molecule has 2 aromatic heterocycles. The molecule has 1 aromatic carbocycles. The Balaban J connectivity index is 0.996. The highest BCUT2D eigenvalue weighted by molar-refractivity contribution is 5.95. The number of hydrogen-bond acceptors (Lipinski definition) is 9. The summed E-state index contributed by atoms with van der Waals surface area (Å²) in [6.45, 7) is 4.51. The van der Waals surface area contributed by atoms with Gasteiger partial charge < -0.3 is 30.2 Å². The summed E-state index contributed by atoms with van der Waals surface area (Å²) in [6, 6.07) is 10.6. The number of pyridine rings is 1. The molecule has 3 aromatic rings. The van der Waals surface area contributed by atoms with Gasteiger partial charge in [-0.1, -0.05) is 6.07 Å². The predicted octanol–water partition coefficient (Wildman–Crippen LogP) is 4.03. The molecule has 2 aliphatic carbocycles. The van der Waals surface area contributed by atoms with Crippen LogP contribution >= 0.6 is 0 Å². The number of ether oxygens (including phenoxy) is 1. The minimum absolute atomic E-state index is 0.190. The first-order valence-corrected chi connectivity index (χ1v) is 14.9. The average molecular weight is 561 g/mol. The monoisotopic (exact) mass is 560 g/mol. The van der Waals surface area contributed by atoms with E-state index in [-0.39, 0.29) is 12.5 Å². The third-order valence-electron chi connectivity index (χ3n) is 8.45. The molecule has 6 rings (SSSR count). The first-order valence-electron chi connectivity index (χ1n) is 14.9. The van der Waals surface area contributed by atoms with Gasteiger partial charge in [0.15, 0.2) is 12.2 Å². The van der Waals surface area contributed by atoms with Gasteiger partial charge in [-0.25, -0.2) is 9.97 Å². The lowest BCUT2D eigenvalue weighted by Gasteiger charge is -2.30. The van der Waals surface area contributed by atoms with E-state index in [4.69, 9.17) is 14.1 Å². The summed E-state index contributed by atoms with van der Waals surface area (Å²) in [4.78, 5) is 24.1. The molecule has 0 bridgehead atoms. The number of nitrogens with zero attached hydrogens (tertiary/aromatic N) is 3. The van der Waals surface area contributed by atoms with Crippen molar-refractivity contribution >= 4 is 17.5 Å². The average Bonchev–Trinajstić information content (AvgIpc) is 3.34. The minimum atomic E-state index is -0.671. The van der Waals surface area contributed by atoms with Gasteiger partial charge in [0.1, 0.15) is 24.0 Å². The Labute approximate surface area is 240 Å². The molecule has 0 spiro atoms. The number of anilines is 2. The Kier molecular flexibility index (Phi) is 8.38. The predicted molar refractivity (Wildman–Crippen MR) is 156 cm³/mol. The van der Waals surface area contributed by atoms with E-state index in [1.54, 1.807) is 0 Å². The number of nitrogens with one attached hydrogen (secondary N) is 3. The molecule has 2 saturated carbocycles. The van der Waals surface area contributed by atoms with Gasteiger partial charge in [0.05, 0.1) is 11.8 Å². The van der Waals surface area contributed by atoms with E-state index in [0.717, 1.165) is 74.0 Å². The van der Waals surface area contributed by atoms with E-state index in [1.165, 1.54) is 30.4 Å². The standard InChI is InChI=1S/C31H40N6O4/c1-20-28(41-19-33-20)18-40-27-9-8-22-16-37(11-10-21(22)12-27)17-26(38)15-32-31(39)23-13-29(34-24-4-2-5-24)36-30(14-23)35-25-6-3-7-25/h8-9,12-14,19,24-26,38H,2-7,10-11,15-18H2,1H3,(H,32,39)(H2,34,35,36). The number of aromatic nitrogens is 2. The van der Waals surface area contributed by atoms with Crippen molar-refractivity contribution in [3.8, 4) is 5.75 Å². The van der Waals surface area contributed by atoms with Crippen molar-refractivity contribution < 1.29 is 19.1 Å². The fourth-order valence-electron chi connectivity index (χ4n) is 5.46. The first-order chi connectivity index (χ1) is 20.0. The normalized spacial score (nSPS) is 18.1. The Hall–Kier alpha value is -3.63. The Morgan fingerprint density at radius 1 is 1.10 bits per heavy atom. The van der Waals surface area contributed by atoms with Gasteiger partial charge in [0, 0.05) is 43.8 Å². The minimum Gasteiger partial charge on any atom is -0.486 e. The van der Waals surface area contributed by atoms with Crippen molar-refractivity contribution in [2.75, 3.05) is 30.3 Å². The number of oxazole rings is 1. The third-order valence-corrected chi connectivity index (χ3v) is 8.45. The highest BCUT2D eigenvalue weighted by Crippen LogP contribution is 2.27. The topological polar surface area (TPSA) is 125 Å². The van der Waals surface area contributed by atoms with E-state index in [9.17, 15) is 9.90 Å². The molecule has 4 N–H and O–H groups in total. The number of carbonyl (C=O) groups excluding carboxylic acids is 1. The van der Waals surface area contributed by atoms with Crippen LogP contribution in [0.15, 0.2) is 41.1 Å². The molecule has 218 valence electrons. The number of aliphatic hydroxyl groups is 1. The van der Waals surface area contributed by atoms with Crippen LogP contribution in [-0.4, -0.2) is 63.7 Å². The summed E-state index contributed by atoms with van der Waals surface area (Å²) in [5, 5.41) is 20.6. The van der Waals surface area contributed by atoms with Crippen LogP contribution < -0.4 is 20.7 Å². The highest BCUT2D eigenvalue weighted by atomic mass is 16.5. The van der Waals surface area contributed by atoms with Crippen LogP contribution in [-0.2, 0) is 19.6 Å². The second-order valence-corrected chi connectivity index (χ2v) is 11.6. The lowest BCUT2D eigenvalue weighted by molar-refractivity contribution is 0.0841. The molecule has 1 unspecified atom stereocenters. The number of aliphatic hydroxyl groups excluding tert-OH is 1. The molecule has 10 heteroatoms. The van der Waals surface area contributed by atoms with Gasteiger partial charge in [0.2, 0.25) is 0 Å². The van der Waals surface area contributed by atoms with Gasteiger partial charge in [-0.3, -0.25) is 9.69 Å². The van der Waals surface area contributed by atoms with Crippen molar-refractivity contribution in [3.63, 3.8) is 0 Å². The van der Waals surface area contributed by atoms with Crippen molar-refractivity contribution in [2.24, 2.45) is 0 Å².